The van der Waals surface area contributed by atoms with E-state index >= 15 is 0 Å². The molecule has 1 unspecified atom stereocenters. The highest BCUT2D eigenvalue weighted by Crippen LogP contribution is 2.29. The molecule has 4 heterocycles. The summed E-state index contributed by atoms with van der Waals surface area (Å²) in [5.41, 5.74) is 1.70. The monoisotopic (exact) mass is 491 g/mol. The van der Waals surface area contributed by atoms with Gasteiger partial charge in [0.1, 0.15) is 18.1 Å². The number of halogens is 1. The molecule has 0 bridgehead atoms. The van der Waals surface area contributed by atoms with Crippen LogP contribution in [0, 0.1) is 11.7 Å². The van der Waals surface area contributed by atoms with E-state index in [-0.39, 0.29) is 18.3 Å². The number of allylic oxidation sites excluding steroid dienone is 1. The van der Waals surface area contributed by atoms with Gasteiger partial charge in [-0.15, -0.1) is 0 Å². The zero-order chi connectivity index (χ0) is 25.1. The SMILES string of the molecule is CN1CCN(CCOC(=O)C2C(=O)/C(=C/c3c[nH]c4ncccc34)OC2=Nc2ccc(F)cc2)CC1. The van der Waals surface area contributed by atoms with Crippen LogP contribution in [-0.4, -0.2) is 83.8 Å². The Bertz CT molecular complexity index is 1330. The highest BCUT2D eigenvalue weighted by atomic mass is 19.1. The number of nitrogens with one attached hydrogen (secondary N) is 1. The molecule has 36 heavy (non-hydrogen) atoms. The molecule has 2 aliphatic heterocycles. The lowest BCUT2D eigenvalue weighted by Gasteiger charge is -2.32. The fourth-order valence-corrected chi connectivity index (χ4v) is 4.18. The van der Waals surface area contributed by atoms with E-state index in [1.54, 1.807) is 24.5 Å². The van der Waals surface area contributed by atoms with E-state index in [0.717, 1.165) is 31.6 Å². The quantitative estimate of drug-likeness (QED) is 0.322. The van der Waals surface area contributed by atoms with Crippen LogP contribution in [0.5, 0.6) is 0 Å². The number of hydrogen-bond acceptors (Lipinski definition) is 8. The Morgan fingerprint density at radius 3 is 2.81 bits per heavy atom. The molecule has 0 spiro atoms. The Hall–Kier alpha value is -3.89. The molecule has 1 aromatic carbocycles. The zero-order valence-electron chi connectivity index (χ0n) is 19.8. The van der Waals surface area contributed by atoms with Gasteiger partial charge < -0.3 is 19.4 Å². The van der Waals surface area contributed by atoms with E-state index in [0.29, 0.717) is 23.4 Å². The molecule has 2 aromatic heterocycles. The molecule has 2 fully saturated rings. The molecule has 10 heteroatoms. The molecule has 2 aliphatic rings. The van der Waals surface area contributed by atoms with Crippen molar-refractivity contribution in [3.8, 4) is 0 Å². The first kappa shape index (κ1) is 23.8. The molecule has 0 amide bonds. The van der Waals surface area contributed by atoms with Gasteiger partial charge in [0.05, 0.1) is 5.69 Å². The van der Waals surface area contributed by atoms with Gasteiger partial charge in [-0.3, -0.25) is 14.5 Å². The second-order valence-electron chi connectivity index (χ2n) is 8.79. The van der Waals surface area contributed by atoms with E-state index in [4.69, 9.17) is 9.47 Å². The smallest absolute Gasteiger partial charge is 0.326 e. The predicted octanol–water partition coefficient (Wildman–Crippen LogP) is 2.78. The number of rotatable bonds is 6. The molecule has 1 atom stereocenters. The van der Waals surface area contributed by atoms with E-state index < -0.39 is 23.5 Å². The van der Waals surface area contributed by atoms with Crippen LogP contribution in [0.25, 0.3) is 17.1 Å². The number of aliphatic imine (C=N–C) groups is 1. The number of aromatic amines is 1. The lowest BCUT2D eigenvalue weighted by Crippen LogP contribution is -2.45. The van der Waals surface area contributed by atoms with Crippen LogP contribution in [0.1, 0.15) is 5.56 Å². The number of fused-ring (bicyclic) bond motifs is 1. The number of carbonyl (C=O) groups excluding carboxylic acids is 2. The van der Waals surface area contributed by atoms with Gasteiger partial charge in [0, 0.05) is 56.1 Å². The first-order valence-corrected chi connectivity index (χ1v) is 11.8. The van der Waals surface area contributed by atoms with Crippen LogP contribution in [-0.2, 0) is 19.1 Å². The predicted molar refractivity (Wildman–Crippen MR) is 132 cm³/mol. The van der Waals surface area contributed by atoms with Crippen molar-refractivity contribution in [2.75, 3.05) is 46.4 Å². The number of hydrogen-bond donors (Lipinski definition) is 1. The standard InChI is InChI=1S/C26H26FN5O4/c1-31-9-11-32(12-10-31)13-14-35-26(34)22-23(33)21(15-17-16-29-24-20(17)3-2-8-28-24)36-25(22)30-19-6-4-18(27)5-7-19/h2-8,15-16,22H,9-14H2,1H3,(H,28,29)/b21-15-,30-25?. The van der Waals surface area contributed by atoms with Crippen molar-refractivity contribution in [3.63, 3.8) is 0 Å². The molecule has 0 radical (unpaired) electrons. The molecule has 1 N–H and O–H groups in total. The number of pyridine rings is 1. The minimum absolute atomic E-state index is 0.0263. The van der Waals surface area contributed by atoms with Crippen LogP contribution in [0.4, 0.5) is 10.1 Å². The third kappa shape index (κ3) is 5.19. The number of ketones is 1. The Labute approximate surface area is 207 Å². The molecular weight excluding hydrogens is 465 g/mol. The van der Waals surface area contributed by atoms with Crippen LogP contribution in [0.3, 0.4) is 0 Å². The Morgan fingerprint density at radius 2 is 2.03 bits per heavy atom. The van der Waals surface area contributed by atoms with E-state index in [1.165, 1.54) is 24.3 Å². The van der Waals surface area contributed by atoms with Crippen molar-refractivity contribution in [1.29, 1.82) is 0 Å². The number of aromatic nitrogens is 2. The normalized spacial score (nSPS) is 21.4. The van der Waals surface area contributed by atoms with E-state index in [2.05, 4.69) is 31.8 Å². The van der Waals surface area contributed by atoms with Gasteiger partial charge in [-0.25, -0.2) is 14.4 Å². The number of ether oxygens (including phenoxy) is 2. The molecule has 186 valence electrons. The summed E-state index contributed by atoms with van der Waals surface area (Å²) in [5.74, 6) is -3.15. The number of benzene rings is 1. The Morgan fingerprint density at radius 1 is 1.25 bits per heavy atom. The fraction of sp³-hybridized carbons (Fsp3) is 0.308. The van der Waals surface area contributed by atoms with Crippen molar-refractivity contribution in [1.82, 2.24) is 19.8 Å². The number of piperazine rings is 1. The van der Waals surface area contributed by atoms with Crippen LogP contribution in [0.2, 0.25) is 0 Å². The number of likely N-dealkylation sites (N-methyl/N-ethyl adjacent to an activating group) is 1. The summed E-state index contributed by atoms with van der Waals surface area (Å²) in [6.07, 6.45) is 4.93. The van der Waals surface area contributed by atoms with Gasteiger partial charge in [0.2, 0.25) is 11.7 Å². The molecule has 0 saturated carbocycles. The van der Waals surface area contributed by atoms with Gasteiger partial charge in [0.25, 0.3) is 0 Å². The maximum atomic E-state index is 13.4. The second kappa shape index (κ2) is 10.4. The average Bonchev–Trinajstić information content (AvgIpc) is 3.42. The summed E-state index contributed by atoms with van der Waals surface area (Å²) >= 11 is 0. The lowest BCUT2D eigenvalue weighted by molar-refractivity contribution is -0.148. The average molecular weight is 492 g/mol. The summed E-state index contributed by atoms with van der Waals surface area (Å²) in [7, 11) is 2.07. The number of nitrogens with zero attached hydrogens (tertiary/aromatic N) is 4. The van der Waals surface area contributed by atoms with Crippen molar-refractivity contribution >= 4 is 40.4 Å². The van der Waals surface area contributed by atoms with Gasteiger partial charge in [-0.1, -0.05) is 0 Å². The van der Waals surface area contributed by atoms with Gasteiger partial charge in [0.15, 0.2) is 11.7 Å². The fourth-order valence-electron chi connectivity index (χ4n) is 4.18. The summed E-state index contributed by atoms with van der Waals surface area (Å²) < 4.78 is 24.6. The van der Waals surface area contributed by atoms with Gasteiger partial charge in [-0.05, 0) is 49.5 Å². The largest absolute Gasteiger partial charge is 0.463 e. The number of Topliss-reactive ketones (excluding diaryl/α,β-unsaturated/α-hetero) is 1. The summed E-state index contributed by atoms with van der Waals surface area (Å²) in [6.45, 7) is 4.43. The Kier molecular flexibility index (Phi) is 6.88. The van der Waals surface area contributed by atoms with Crippen molar-refractivity contribution in [2.45, 2.75) is 0 Å². The molecule has 2 saturated heterocycles. The maximum absolute atomic E-state index is 13.4. The highest BCUT2D eigenvalue weighted by Gasteiger charge is 2.45. The van der Waals surface area contributed by atoms with Crippen LogP contribution in [0.15, 0.2) is 59.5 Å². The van der Waals surface area contributed by atoms with Gasteiger partial charge >= 0.3 is 5.97 Å². The Balaban J connectivity index is 1.37. The minimum Gasteiger partial charge on any atom is -0.463 e. The first-order valence-electron chi connectivity index (χ1n) is 11.8. The molecular formula is C26H26FN5O4. The number of esters is 1. The molecule has 9 nitrogen and oxygen atoms in total. The third-order valence-corrected chi connectivity index (χ3v) is 6.29. The molecule has 3 aromatic rings. The summed E-state index contributed by atoms with van der Waals surface area (Å²) in [6, 6.07) is 9.03. The minimum atomic E-state index is -1.34. The van der Waals surface area contributed by atoms with Crippen LogP contribution >= 0.6 is 0 Å². The van der Waals surface area contributed by atoms with Crippen molar-refractivity contribution in [2.24, 2.45) is 10.9 Å². The van der Waals surface area contributed by atoms with Crippen molar-refractivity contribution in [3.05, 3.63) is 65.9 Å². The van der Waals surface area contributed by atoms with E-state index in [1.807, 2.05) is 6.07 Å². The lowest BCUT2D eigenvalue weighted by atomic mass is 10.0. The zero-order valence-corrected chi connectivity index (χ0v) is 19.8. The van der Waals surface area contributed by atoms with Gasteiger partial charge in [-0.2, -0.15) is 0 Å². The van der Waals surface area contributed by atoms with Crippen molar-refractivity contribution < 1.29 is 23.5 Å². The second-order valence-corrected chi connectivity index (χ2v) is 8.79. The number of carbonyl (C=O) groups is 2. The van der Waals surface area contributed by atoms with Crippen LogP contribution < -0.4 is 0 Å². The molecule has 0 aliphatic carbocycles. The first-order chi connectivity index (χ1) is 17.5. The summed E-state index contributed by atoms with van der Waals surface area (Å²) in [4.78, 5) is 42.4. The summed E-state index contributed by atoms with van der Waals surface area (Å²) in [5, 5.41) is 0.802. The third-order valence-electron chi connectivity index (χ3n) is 6.29. The molecule has 5 rings (SSSR count). The topological polar surface area (TPSA) is 100 Å². The van der Waals surface area contributed by atoms with E-state index in [9.17, 15) is 14.0 Å². The maximum Gasteiger partial charge on any atom is 0.326 e. The number of H-pyrrole nitrogens is 1. The highest BCUT2D eigenvalue weighted by molar-refractivity contribution is 6.27.